The molecule has 0 unspecified atom stereocenters. The lowest BCUT2D eigenvalue weighted by atomic mass is 10.2. The normalized spacial score (nSPS) is 14.9. The summed E-state index contributed by atoms with van der Waals surface area (Å²) in [4.78, 5) is 15.3. The Morgan fingerprint density at radius 3 is 2.52 bits per heavy atom. The molecule has 1 aromatic heterocycles. The van der Waals surface area contributed by atoms with E-state index in [0.29, 0.717) is 11.6 Å². The van der Waals surface area contributed by atoms with Crippen molar-refractivity contribution in [2.75, 3.05) is 68.5 Å². The number of para-hydroxylation sites is 1. The first-order chi connectivity index (χ1) is 12.1. The molecule has 1 N–H and O–H groups in total. The Balaban J connectivity index is 1.58. The van der Waals surface area contributed by atoms with Crippen LogP contribution in [0.4, 0.5) is 21.8 Å². The van der Waals surface area contributed by atoms with Crippen molar-refractivity contribution in [3.8, 4) is 0 Å². The molecule has 0 saturated carbocycles. The van der Waals surface area contributed by atoms with Gasteiger partial charge in [0.15, 0.2) is 0 Å². The van der Waals surface area contributed by atoms with Crippen molar-refractivity contribution in [2.45, 2.75) is 0 Å². The number of likely N-dealkylation sites (N-methyl/N-ethyl adjacent to an activating group) is 1. The molecule has 2 aromatic rings. The summed E-state index contributed by atoms with van der Waals surface area (Å²) < 4.78 is 13.9. The summed E-state index contributed by atoms with van der Waals surface area (Å²) in [5.74, 6) is 1.40. The molecule has 6 nitrogen and oxygen atoms in total. The molecule has 0 radical (unpaired) electrons. The van der Waals surface area contributed by atoms with E-state index in [4.69, 9.17) is 0 Å². The Hall–Kier alpha value is -2.41. The molecular formula is C18H25FN6. The molecule has 1 aliphatic heterocycles. The van der Waals surface area contributed by atoms with Crippen LogP contribution in [0.2, 0.25) is 0 Å². The summed E-state index contributed by atoms with van der Waals surface area (Å²) in [5, 5.41) is 3.25. The molecule has 0 spiro atoms. The molecule has 1 fully saturated rings. The van der Waals surface area contributed by atoms with Gasteiger partial charge >= 0.3 is 0 Å². The minimum atomic E-state index is -0.162. The number of anilines is 3. The number of rotatable bonds is 6. The minimum absolute atomic E-state index is 0.162. The summed E-state index contributed by atoms with van der Waals surface area (Å²) in [7, 11) is 4.07. The largest absolute Gasteiger partial charge is 0.366 e. The average molecular weight is 344 g/mol. The smallest absolute Gasteiger partial charge is 0.224 e. The first-order valence-corrected chi connectivity index (χ1v) is 8.59. The number of benzene rings is 1. The molecule has 1 saturated heterocycles. The lowest BCUT2D eigenvalue weighted by Gasteiger charge is -2.36. The van der Waals surface area contributed by atoms with Crippen molar-refractivity contribution in [2.24, 2.45) is 0 Å². The van der Waals surface area contributed by atoms with Crippen molar-refractivity contribution >= 4 is 17.5 Å². The monoisotopic (exact) mass is 344 g/mol. The van der Waals surface area contributed by atoms with Crippen LogP contribution in [-0.2, 0) is 0 Å². The topological polar surface area (TPSA) is 47.5 Å². The van der Waals surface area contributed by atoms with E-state index in [2.05, 4.69) is 30.0 Å². The van der Waals surface area contributed by atoms with Gasteiger partial charge in [-0.1, -0.05) is 12.1 Å². The average Bonchev–Trinajstić information content (AvgIpc) is 2.62. The molecule has 0 atom stereocenters. The second-order valence-electron chi connectivity index (χ2n) is 6.39. The molecule has 0 aliphatic carbocycles. The Morgan fingerprint density at radius 2 is 1.80 bits per heavy atom. The lowest BCUT2D eigenvalue weighted by Crippen LogP contribution is -2.47. The maximum Gasteiger partial charge on any atom is 0.224 e. The third-order valence-electron chi connectivity index (χ3n) is 4.28. The number of nitrogens with one attached hydrogen (secondary N) is 1. The van der Waals surface area contributed by atoms with Crippen LogP contribution in [0.5, 0.6) is 0 Å². The van der Waals surface area contributed by atoms with E-state index in [0.717, 1.165) is 45.1 Å². The molecule has 1 aromatic carbocycles. The van der Waals surface area contributed by atoms with E-state index in [1.165, 1.54) is 6.07 Å². The van der Waals surface area contributed by atoms with Crippen molar-refractivity contribution in [3.05, 3.63) is 42.3 Å². The number of hydrogen-bond donors (Lipinski definition) is 1. The summed E-state index contributed by atoms with van der Waals surface area (Å²) in [5.41, 5.74) is 0.677. The zero-order valence-electron chi connectivity index (χ0n) is 14.8. The van der Waals surface area contributed by atoms with Gasteiger partial charge in [0.1, 0.15) is 11.6 Å². The highest BCUT2D eigenvalue weighted by Gasteiger charge is 2.20. The maximum absolute atomic E-state index is 13.9. The fourth-order valence-electron chi connectivity index (χ4n) is 2.89. The molecule has 134 valence electrons. The predicted molar refractivity (Wildman–Crippen MR) is 99.9 cm³/mol. The van der Waals surface area contributed by atoms with E-state index in [1.54, 1.807) is 12.3 Å². The van der Waals surface area contributed by atoms with Crippen LogP contribution in [0, 0.1) is 5.82 Å². The van der Waals surface area contributed by atoms with Gasteiger partial charge in [-0.3, -0.25) is 0 Å². The summed E-state index contributed by atoms with van der Waals surface area (Å²) in [6.07, 6.45) is 1.78. The van der Waals surface area contributed by atoms with E-state index in [-0.39, 0.29) is 5.82 Å². The first-order valence-electron chi connectivity index (χ1n) is 8.59. The molecule has 0 amide bonds. The van der Waals surface area contributed by atoms with Crippen molar-refractivity contribution in [3.63, 3.8) is 0 Å². The molecule has 3 rings (SSSR count). The van der Waals surface area contributed by atoms with Crippen molar-refractivity contribution in [1.82, 2.24) is 14.9 Å². The quantitative estimate of drug-likeness (QED) is 0.864. The van der Waals surface area contributed by atoms with Crippen LogP contribution in [0.1, 0.15) is 0 Å². The standard InChI is InChI=1S/C18H25FN6/c1-23(2)10-9-21-18-20-8-7-17(22-18)25-13-11-24(12-14-25)16-6-4-3-5-15(16)19/h3-8H,9-14H2,1-2H3,(H,20,21,22). The number of hydrogen-bond acceptors (Lipinski definition) is 6. The zero-order valence-corrected chi connectivity index (χ0v) is 14.8. The Kier molecular flexibility index (Phi) is 5.65. The second-order valence-corrected chi connectivity index (χ2v) is 6.39. The summed E-state index contributed by atoms with van der Waals surface area (Å²) in [6, 6.07) is 8.87. The Morgan fingerprint density at radius 1 is 1.08 bits per heavy atom. The van der Waals surface area contributed by atoms with Gasteiger partial charge in [-0.05, 0) is 32.3 Å². The number of halogens is 1. The predicted octanol–water partition coefficient (Wildman–Crippen LogP) is 1.92. The van der Waals surface area contributed by atoms with Crippen molar-refractivity contribution in [1.29, 1.82) is 0 Å². The van der Waals surface area contributed by atoms with E-state index >= 15 is 0 Å². The van der Waals surface area contributed by atoms with Gasteiger partial charge in [0.25, 0.3) is 0 Å². The van der Waals surface area contributed by atoms with Gasteiger partial charge in [-0.2, -0.15) is 4.98 Å². The lowest BCUT2D eigenvalue weighted by molar-refractivity contribution is 0.425. The maximum atomic E-state index is 13.9. The van der Waals surface area contributed by atoms with Crippen LogP contribution in [0.15, 0.2) is 36.5 Å². The third kappa shape index (κ3) is 4.57. The zero-order chi connectivity index (χ0) is 17.6. The third-order valence-corrected chi connectivity index (χ3v) is 4.28. The van der Waals surface area contributed by atoms with Gasteiger partial charge in [0.05, 0.1) is 5.69 Å². The van der Waals surface area contributed by atoms with Gasteiger partial charge in [-0.15, -0.1) is 0 Å². The van der Waals surface area contributed by atoms with Crippen LogP contribution in [0.3, 0.4) is 0 Å². The van der Waals surface area contributed by atoms with E-state index in [9.17, 15) is 4.39 Å². The number of aromatic nitrogens is 2. The Labute approximate surface area is 148 Å². The number of nitrogens with zero attached hydrogens (tertiary/aromatic N) is 5. The molecule has 25 heavy (non-hydrogen) atoms. The summed E-state index contributed by atoms with van der Waals surface area (Å²) >= 11 is 0. The van der Waals surface area contributed by atoms with Crippen molar-refractivity contribution < 1.29 is 4.39 Å². The fraction of sp³-hybridized carbons (Fsp3) is 0.444. The fourth-order valence-corrected chi connectivity index (χ4v) is 2.89. The van der Waals surface area contributed by atoms with Crippen LogP contribution < -0.4 is 15.1 Å². The minimum Gasteiger partial charge on any atom is -0.366 e. The SMILES string of the molecule is CN(C)CCNc1nccc(N2CCN(c3ccccc3F)CC2)n1. The van der Waals surface area contributed by atoms with Gasteiger partial charge in [-0.25, -0.2) is 9.37 Å². The molecular weight excluding hydrogens is 319 g/mol. The molecule has 2 heterocycles. The Bertz CT molecular complexity index is 685. The summed E-state index contributed by atoms with van der Waals surface area (Å²) in [6.45, 7) is 4.89. The first kappa shape index (κ1) is 17.4. The van der Waals surface area contributed by atoms with Gasteiger partial charge in [0, 0.05) is 45.5 Å². The van der Waals surface area contributed by atoms with Crippen LogP contribution >= 0.6 is 0 Å². The molecule has 0 bridgehead atoms. The molecule has 1 aliphatic rings. The second kappa shape index (κ2) is 8.11. The van der Waals surface area contributed by atoms with Gasteiger partial charge in [0.2, 0.25) is 5.95 Å². The van der Waals surface area contributed by atoms with Gasteiger partial charge < -0.3 is 20.0 Å². The van der Waals surface area contributed by atoms with Crippen LogP contribution in [0.25, 0.3) is 0 Å². The van der Waals surface area contributed by atoms with E-state index in [1.807, 2.05) is 32.3 Å². The van der Waals surface area contributed by atoms with E-state index < -0.39 is 0 Å². The molecule has 7 heteroatoms. The highest BCUT2D eigenvalue weighted by molar-refractivity contribution is 5.51. The van der Waals surface area contributed by atoms with Crippen LogP contribution in [-0.4, -0.2) is 68.2 Å². The highest BCUT2D eigenvalue weighted by atomic mass is 19.1. The highest BCUT2D eigenvalue weighted by Crippen LogP contribution is 2.22. The number of piperazine rings is 1.